The Morgan fingerprint density at radius 2 is 1.82 bits per heavy atom. The Morgan fingerprint density at radius 3 is 2.35 bits per heavy atom. The SMILES string of the molecule is CCN(CC)CC(O)COCCOC(C)OC. The Morgan fingerprint density at radius 1 is 1.18 bits per heavy atom. The van der Waals surface area contributed by atoms with E-state index in [1.807, 2.05) is 6.92 Å². The van der Waals surface area contributed by atoms with Crippen LogP contribution in [0.2, 0.25) is 0 Å². The number of aliphatic hydroxyl groups excluding tert-OH is 1. The number of nitrogens with zero attached hydrogens (tertiary/aromatic N) is 1. The van der Waals surface area contributed by atoms with Crippen LogP contribution in [0.3, 0.4) is 0 Å². The van der Waals surface area contributed by atoms with Crippen molar-refractivity contribution in [2.75, 3.05) is 46.6 Å². The Labute approximate surface area is 105 Å². The Hall–Kier alpha value is -0.200. The van der Waals surface area contributed by atoms with Crippen molar-refractivity contribution in [3.63, 3.8) is 0 Å². The van der Waals surface area contributed by atoms with Gasteiger partial charge in [-0.3, -0.25) is 0 Å². The molecule has 0 rings (SSSR count). The van der Waals surface area contributed by atoms with Crippen molar-refractivity contribution >= 4 is 0 Å². The van der Waals surface area contributed by atoms with Gasteiger partial charge in [0, 0.05) is 13.7 Å². The van der Waals surface area contributed by atoms with Crippen LogP contribution in [0.4, 0.5) is 0 Å². The fourth-order valence-corrected chi connectivity index (χ4v) is 1.39. The van der Waals surface area contributed by atoms with Crippen LogP contribution in [-0.4, -0.2) is 69.0 Å². The fraction of sp³-hybridized carbons (Fsp3) is 1.00. The first kappa shape index (κ1) is 16.8. The molecule has 0 radical (unpaired) electrons. The molecule has 0 amide bonds. The minimum Gasteiger partial charge on any atom is -0.389 e. The second kappa shape index (κ2) is 10.9. The van der Waals surface area contributed by atoms with Crippen molar-refractivity contribution in [3.05, 3.63) is 0 Å². The van der Waals surface area contributed by atoms with Crippen LogP contribution in [0.15, 0.2) is 0 Å². The van der Waals surface area contributed by atoms with Gasteiger partial charge in [0.25, 0.3) is 0 Å². The Kier molecular flexibility index (Phi) is 10.8. The molecular weight excluding hydrogens is 222 g/mol. The third-order valence-corrected chi connectivity index (χ3v) is 2.59. The lowest BCUT2D eigenvalue weighted by molar-refractivity contribution is -0.124. The largest absolute Gasteiger partial charge is 0.389 e. The van der Waals surface area contributed by atoms with E-state index in [4.69, 9.17) is 14.2 Å². The second-order valence-electron chi connectivity index (χ2n) is 3.89. The zero-order chi connectivity index (χ0) is 13.1. The van der Waals surface area contributed by atoms with Crippen LogP contribution in [0.5, 0.6) is 0 Å². The summed E-state index contributed by atoms with van der Waals surface area (Å²) in [5, 5.41) is 9.70. The van der Waals surface area contributed by atoms with E-state index in [9.17, 15) is 5.11 Å². The highest BCUT2D eigenvalue weighted by Crippen LogP contribution is 1.94. The molecule has 5 heteroatoms. The summed E-state index contributed by atoms with van der Waals surface area (Å²) in [6.07, 6.45) is -0.644. The van der Waals surface area contributed by atoms with Crippen LogP contribution < -0.4 is 0 Å². The van der Waals surface area contributed by atoms with Crippen LogP contribution in [0.25, 0.3) is 0 Å². The first-order chi connectivity index (χ1) is 8.13. The van der Waals surface area contributed by atoms with Gasteiger partial charge in [0.1, 0.15) is 0 Å². The number of hydrogen-bond donors (Lipinski definition) is 1. The van der Waals surface area contributed by atoms with Gasteiger partial charge in [0.05, 0.1) is 25.9 Å². The Bertz CT molecular complexity index is 165. The molecule has 0 aromatic heterocycles. The minimum absolute atomic E-state index is 0.209. The topological polar surface area (TPSA) is 51.2 Å². The third kappa shape index (κ3) is 9.50. The van der Waals surface area contributed by atoms with Gasteiger partial charge >= 0.3 is 0 Å². The summed E-state index contributed by atoms with van der Waals surface area (Å²) in [5.41, 5.74) is 0. The standard InChI is InChI=1S/C12H27NO4/c1-5-13(6-2)9-12(14)10-16-7-8-17-11(3)15-4/h11-12,14H,5-10H2,1-4H3. The molecule has 0 fully saturated rings. The van der Waals surface area contributed by atoms with Crippen molar-refractivity contribution in [2.24, 2.45) is 0 Å². The zero-order valence-corrected chi connectivity index (χ0v) is 11.5. The first-order valence-corrected chi connectivity index (χ1v) is 6.26. The highest BCUT2D eigenvalue weighted by Gasteiger charge is 2.08. The van der Waals surface area contributed by atoms with Gasteiger partial charge in [-0.25, -0.2) is 0 Å². The van der Waals surface area contributed by atoms with Gasteiger partial charge in [-0.2, -0.15) is 0 Å². The molecule has 0 spiro atoms. The monoisotopic (exact) mass is 249 g/mol. The van der Waals surface area contributed by atoms with E-state index in [-0.39, 0.29) is 6.29 Å². The van der Waals surface area contributed by atoms with Crippen LogP contribution >= 0.6 is 0 Å². The van der Waals surface area contributed by atoms with Gasteiger partial charge in [-0.1, -0.05) is 13.8 Å². The highest BCUT2D eigenvalue weighted by atomic mass is 16.7. The van der Waals surface area contributed by atoms with Crippen LogP contribution in [0.1, 0.15) is 20.8 Å². The molecule has 0 aliphatic carbocycles. The maximum atomic E-state index is 9.70. The van der Waals surface area contributed by atoms with Crippen molar-refractivity contribution < 1.29 is 19.3 Å². The molecule has 0 saturated heterocycles. The molecule has 0 aliphatic heterocycles. The van der Waals surface area contributed by atoms with E-state index in [2.05, 4.69) is 18.7 Å². The van der Waals surface area contributed by atoms with Gasteiger partial charge in [-0.15, -0.1) is 0 Å². The fourth-order valence-electron chi connectivity index (χ4n) is 1.39. The molecule has 2 atom stereocenters. The molecule has 1 N–H and O–H groups in total. The van der Waals surface area contributed by atoms with Crippen LogP contribution in [0, 0.1) is 0 Å². The van der Waals surface area contributed by atoms with Gasteiger partial charge in [-0.05, 0) is 20.0 Å². The summed E-state index contributed by atoms with van der Waals surface area (Å²) in [6.45, 7) is 9.84. The molecule has 5 nitrogen and oxygen atoms in total. The minimum atomic E-state index is -0.435. The summed E-state index contributed by atoms with van der Waals surface area (Å²) in [4.78, 5) is 2.16. The van der Waals surface area contributed by atoms with Crippen molar-refractivity contribution in [2.45, 2.75) is 33.2 Å². The predicted molar refractivity (Wildman–Crippen MR) is 67.0 cm³/mol. The number of rotatable bonds is 11. The predicted octanol–water partition coefficient (Wildman–Crippen LogP) is 0.715. The molecule has 0 aromatic carbocycles. The average molecular weight is 249 g/mol. The van der Waals surface area contributed by atoms with E-state index in [0.717, 1.165) is 13.1 Å². The Balaban J connectivity index is 3.41. The smallest absolute Gasteiger partial charge is 0.154 e. The first-order valence-electron chi connectivity index (χ1n) is 6.26. The lowest BCUT2D eigenvalue weighted by atomic mass is 10.3. The lowest BCUT2D eigenvalue weighted by Gasteiger charge is -2.21. The number of hydrogen-bond acceptors (Lipinski definition) is 5. The number of aliphatic hydroxyl groups is 1. The van der Waals surface area contributed by atoms with E-state index in [1.54, 1.807) is 7.11 Å². The van der Waals surface area contributed by atoms with Crippen molar-refractivity contribution in [1.82, 2.24) is 4.90 Å². The van der Waals surface area contributed by atoms with Crippen LogP contribution in [-0.2, 0) is 14.2 Å². The molecule has 0 aliphatic rings. The quantitative estimate of drug-likeness (QED) is 0.432. The van der Waals surface area contributed by atoms with Gasteiger partial charge < -0.3 is 24.2 Å². The number of likely N-dealkylation sites (N-methyl/N-ethyl adjacent to an activating group) is 1. The second-order valence-corrected chi connectivity index (χ2v) is 3.89. The molecule has 0 heterocycles. The molecule has 0 aromatic rings. The summed E-state index contributed by atoms with van der Waals surface area (Å²) in [6, 6.07) is 0. The number of ether oxygens (including phenoxy) is 3. The van der Waals surface area contributed by atoms with E-state index < -0.39 is 6.10 Å². The highest BCUT2D eigenvalue weighted by molar-refractivity contribution is 4.61. The van der Waals surface area contributed by atoms with E-state index >= 15 is 0 Å². The zero-order valence-electron chi connectivity index (χ0n) is 11.5. The molecule has 2 unspecified atom stereocenters. The maximum absolute atomic E-state index is 9.70. The molecule has 0 bridgehead atoms. The normalized spacial score (nSPS) is 15.2. The van der Waals surface area contributed by atoms with Crippen molar-refractivity contribution in [3.8, 4) is 0 Å². The van der Waals surface area contributed by atoms with Gasteiger partial charge in [0.2, 0.25) is 0 Å². The van der Waals surface area contributed by atoms with Crippen molar-refractivity contribution in [1.29, 1.82) is 0 Å². The van der Waals surface area contributed by atoms with E-state index in [1.165, 1.54) is 0 Å². The molecule has 104 valence electrons. The number of methoxy groups -OCH3 is 1. The summed E-state index contributed by atoms with van der Waals surface area (Å²) in [5.74, 6) is 0. The van der Waals surface area contributed by atoms with E-state index in [0.29, 0.717) is 26.4 Å². The maximum Gasteiger partial charge on any atom is 0.154 e. The summed E-state index contributed by atoms with van der Waals surface area (Å²) < 4.78 is 15.5. The average Bonchev–Trinajstić information content (AvgIpc) is 2.35. The summed E-state index contributed by atoms with van der Waals surface area (Å²) in [7, 11) is 1.60. The molecule has 0 saturated carbocycles. The summed E-state index contributed by atoms with van der Waals surface area (Å²) >= 11 is 0. The molecular formula is C12H27NO4. The van der Waals surface area contributed by atoms with Gasteiger partial charge in [0.15, 0.2) is 6.29 Å². The molecule has 17 heavy (non-hydrogen) atoms. The lowest BCUT2D eigenvalue weighted by Crippen LogP contribution is -2.35. The third-order valence-electron chi connectivity index (χ3n) is 2.59.